The van der Waals surface area contributed by atoms with E-state index in [1.807, 2.05) is 13.8 Å². The topological polar surface area (TPSA) is 191 Å². The largest absolute Gasteiger partial charge is 0.481 e. The van der Waals surface area contributed by atoms with Crippen LogP contribution in [0.5, 0.6) is 0 Å². The Hall–Kier alpha value is -0.720. The zero-order valence-electron chi connectivity index (χ0n) is 23.6. The first-order valence-electron chi connectivity index (χ1n) is 11.2. The molecule has 0 aliphatic heterocycles. The Bertz CT molecular complexity index is 316. The number of aliphatic hydroxyl groups is 3. The van der Waals surface area contributed by atoms with Crippen molar-refractivity contribution in [2.75, 3.05) is 113 Å². The van der Waals surface area contributed by atoms with Crippen LogP contribution in [0, 0.1) is 0 Å². The Morgan fingerprint density at radius 1 is 0.568 bits per heavy atom. The van der Waals surface area contributed by atoms with Gasteiger partial charge in [0.25, 0.3) is 0 Å². The maximum absolute atomic E-state index is 9.29. The van der Waals surface area contributed by atoms with Gasteiger partial charge in [-0.25, -0.2) is 0 Å². The van der Waals surface area contributed by atoms with Crippen LogP contribution in [0.2, 0.25) is 0 Å². The van der Waals surface area contributed by atoms with Crippen LogP contribution in [0.4, 0.5) is 0 Å². The fraction of sp³-hybridized carbons (Fsp3) is 0.909. The second-order valence-electron chi connectivity index (χ2n) is 5.23. The zero-order valence-corrected chi connectivity index (χ0v) is 25.4. The van der Waals surface area contributed by atoms with Gasteiger partial charge in [0.2, 0.25) is 0 Å². The fourth-order valence-electron chi connectivity index (χ4n) is 0.757. The molecule has 0 aliphatic carbocycles. The van der Waals surface area contributed by atoms with E-state index in [1.54, 1.807) is 35.4 Å². The lowest BCUT2D eigenvalue weighted by Gasteiger charge is -2.00. The molecular weight excluding hydrogens is 536 g/mol. The summed E-state index contributed by atoms with van der Waals surface area (Å²) in [6, 6.07) is 0. The molecule has 37 heavy (non-hydrogen) atoms. The van der Waals surface area contributed by atoms with Gasteiger partial charge in [0.1, 0.15) is 0 Å². The standard InChI is InChI=1S/C6H14O3.C4H10O2.C4H10O.2C2H4O2S.C2H6O2.C2H6O/c1-7-3-5-9-6-4-8-2;1-5-3-4-6-2;1-3-5-4-2;2*3-2(4)1-5;3-1-2-4;1-2-3/h3-6H2,1-2H3;3-4H2,1-2H3;3-4H2,1-2H3;2*5H,1H2,(H,3,4);3-4H,1-2H2;3H,2H2,1H3. The number of ether oxygens (including phenoxy) is 6. The molecule has 0 aromatic heterocycles. The molecule has 0 saturated heterocycles. The van der Waals surface area contributed by atoms with Crippen LogP contribution < -0.4 is 0 Å². The van der Waals surface area contributed by atoms with Crippen molar-refractivity contribution in [3.05, 3.63) is 0 Å². The lowest BCUT2D eigenvalue weighted by molar-refractivity contribution is -0.134. The Labute approximate surface area is 234 Å². The molecule has 0 aromatic carbocycles. The van der Waals surface area contributed by atoms with Crippen LogP contribution >= 0.6 is 25.3 Å². The molecular formula is C22H54O13S2. The number of carboxylic acids is 2. The quantitative estimate of drug-likeness (QED) is 0.110. The number of aliphatic hydroxyl groups excluding tert-OH is 3. The van der Waals surface area contributed by atoms with Crippen molar-refractivity contribution in [3.63, 3.8) is 0 Å². The van der Waals surface area contributed by atoms with E-state index in [4.69, 9.17) is 44.5 Å². The average Bonchev–Trinajstić information content (AvgIpc) is 2.90. The second-order valence-corrected chi connectivity index (χ2v) is 5.86. The summed E-state index contributed by atoms with van der Waals surface area (Å²) < 4.78 is 28.7. The van der Waals surface area contributed by atoms with E-state index >= 15 is 0 Å². The van der Waals surface area contributed by atoms with E-state index in [0.29, 0.717) is 39.6 Å². The lowest BCUT2D eigenvalue weighted by Crippen LogP contribution is -2.06. The first-order valence-corrected chi connectivity index (χ1v) is 12.5. The van der Waals surface area contributed by atoms with E-state index < -0.39 is 11.9 Å². The van der Waals surface area contributed by atoms with Crippen molar-refractivity contribution in [2.24, 2.45) is 0 Å². The highest BCUT2D eigenvalue weighted by atomic mass is 32.1. The van der Waals surface area contributed by atoms with Crippen LogP contribution in [-0.4, -0.2) is 150 Å². The monoisotopic (exact) mass is 590 g/mol. The van der Waals surface area contributed by atoms with Crippen LogP contribution in [0.25, 0.3) is 0 Å². The number of methoxy groups -OCH3 is 4. The summed E-state index contributed by atoms with van der Waals surface area (Å²) in [6.45, 7) is 11.3. The maximum atomic E-state index is 9.29. The average molecular weight is 591 g/mol. The van der Waals surface area contributed by atoms with Crippen LogP contribution in [0.3, 0.4) is 0 Å². The summed E-state index contributed by atoms with van der Waals surface area (Å²) >= 11 is 6.83. The summed E-state index contributed by atoms with van der Waals surface area (Å²) in [5.41, 5.74) is 0. The summed E-state index contributed by atoms with van der Waals surface area (Å²) in [6.07, 6.45) is 0. The summed E-state index contributed by atoms with van der Waals surface area (Å²) in [7, 11) is 6.61. The van der Waals surface area contributed by atoms with Gasteiger partial charge in [-0.15, -0.1) is 0 Å². The summed E-state index contributed by atoms with van der Waals surface area (Å²) in [5, 5.41) is 38.1. The molecule has 0 unspecified atom stereocenters. The van der Waals surface area contributed by atoms with Crippen molar-refractivity contribution in [2.45, 2.75) is 20.8 Å². The first-order chi connectivity index (χ1) is 17.6. The minimum atomic E-state index is -0.881. The van der Waals surface area contributed by atoms with E-state index in [-0.39, 0.29) is 31.3 Å². The van der Waals surface area contributed by atoms with Gasteiger partial charge in [0, 0.05) is 48.3 Å². The van der Waals surface area contributed by atoms with Crippen LogP contribution in [-0.2, 0) is 38.0 Å². The van der Waals surface area contributed by atoms with Gasteiger partial charge >= 0.3 is 11.9 Å². The predicted octanol–water partition coefficient (Wildman–Crippen LogP) is 0.589. The first kappa shape index (κ1) is 52.7. The van der Waals surface area contributed by atoms with Gasteiger partial charge in [0.15, 0.2) is 0 Å². The van der Waals surface area contributed by atoms with E-state index in [9.17, 15) is 9.59 Å². The third-order valence-electron chi connectivity index (χ3n) is 2.13. The number of carbonyl (C=O) groups is 2. The van der Waals surface area contributed by atoms with Gasteiger partial charge in [-0.1, -0.05) is 0 Å². The molecule has 0 saturated carbocycles. The number of hydrogen-bond acceptors (Lipinski definition) is 13. The molecule has 15 heteroatoms. The Kier molecular flexibility index (Phi) is 100. The molecule has 232 valence electrons. The molecule has 0 bridgehead atoms. The Morgan fingerprint density at radius 3 is 0.892 bits per heavy atom. The van der Waals surface area contributed by atoms with Crippen molar-refractivity contribution in [3.8, 4) is 0 Å². The highest BCUT2D eigenvalue weighted by Crippen LogP contribution is 1.75. The van der Waals surface area contributed by atoms with Gasteiger partial charge < -0.3 is 54.0 Å². The van der Waals surface area contributed by atoms with Crippen molar-refractivity contribution < 1.29 is 63.5 Å². The van der Waals surface area contributed by atoms with Gasteiger partial charge in [-0.2, -0.15) is 25.3 Å². The van der Waals surface area contributed by atoms with E-state index in [2.05, 4.69) is 34.7 Å². The number of carboxylic acid groups (broad SMARTS) is 2. The molecule has 0 aromatic rings. The molecule has 0 amide bonds. The molecule has 0 radical (unpaired) electrons. The minimum absolute atomic E-state index is 0.0833. The number of rotatable bonds is 14. The molecule has 0 heterocycles. The number of thiol groups is 2. The van der Waals surface area contributed by atoms with Crippen molar-refractivity contribution in [1.82, 2.24) is 0 Å². The second kappa shape index (κ2) is 70.3. The van der Waals surface area contributed by atoms with Crippen molar-refractivity contribution in [1.29, 1.82) is 0 Å². The van der Waals surface area contributed by atoms with E-state index in [1.165, 1.54) is 0 Å². The molecule has 5 N–H and O–H groups in total. The highest BCUT2D eigenvalue weighted by molar-refractivity contribution is 7.81. The molecule has 0 rings (SSSR count). The summed E-state index contributed by atoms with van der Waals surface area (Å²) in [4.78, 5) is 18.6. The molecule has 0 spiro atoms. The molecule has 0 aliphatic rings. The SMILES string of the molecule is CCO.CCOCC.COCCOC.COCCOCCOC.O=C(O)CS.O=C(O)CS.OCCO. The third-order valence-corrected chi connectivity index (χ3v) is 2.67. The van der Waals surface area contributed by atoms with Crippen LogP contribution in [0.1, 0.15) is 20.8 Å². The van der Waals surface area contributed by atoms with Gasteiger partial charge in [0.05, 0.1) is 64.4 Å². The van der Waals surface area contributed by atoms with Crippen molar-refractivity contribution >= 4 is 37.2 Å². The minimum Gasteiger partial charge on any atom is -0.481 e. The van der Waals surface area contributed by atoms with E-state index in [0.717, 1.165) is 13.2 Å². The predicted molar refractivity (Wildman–Crippen MR) is 150 cm³/mol. The molecule has 0 atom stereocenters. The number of aliphatic carboxylic acids is 2. The highest BCUT2D eigenvalue weighted by Gasteiger charge is 1.84. The normalized spacial score (nSPS) is 8.32. The van der Waals surface area contributed by atoms with Gasteiger partial charge in [-0.3, -0.25) is 9.59 Å². The van der Waals surface area contributed by atoms with Crippen LogP contribution in [0.15, 0.2) is 0 Å². The molecule has 13 nitrogen and oxygen atoms in total. The van der Waals surface area contributed by atoms with Gasteiger partial charge in [-0.05, 0) is 20.8 Å². The fourth-order valence-corrected chi connectivity index (χ4v) is 0.757. The number of hydrogen-bond donors (Lipinski definition) is 7. The Morgan fingerprint density at radius 2 is 0.784 bits per heavy atom. The molecule has 0 fully saturated rings. The summed E-state index contributed by atoms with van der Waals surface area (Å²) in [5.74, 6) is -1.93. The smallest absolute Gasteiger partial charge is 0.313 e. The lowest BCUT2D eigenvalue weighted by atomic mass is 10.7. The maximum Gasteiger partial charge on any atom is 0.313 e. The zero-order chi connectivity index (χ0) is 30.6. The third kappa shape index (κ3) is 167. The Balaban J connectivity index is -0.0000000583.